The van der Waals surface area contributed by atoms with Crippen molar-refractivity contribution in [3.8, 4) is 0 Å². The largest absolute Gasteiger partial charge is 0.321 e. The van der Waals surface area contributed by atoms with E-state index in [1.165, 1.54) is 6.07 Å². The molecule has 1 N–H and O–H groups in total. The van der Waals surface area contributed by atoms with Gasteiger partial charge in [-0.1, -0.05) is 0 Å². The molecule has 1 aromatic carbocycles. The highest BCUT2D eigenvalue weighted by Gasteiger charge is 2.00. The molecule has 0 radical (unpaired) electrons. The van der Waals surface area contributed by atoms with E-state index in [0.29, 0.717) is 0 Å². The molecule has 0 bridgehead atoms. The molecule has 2 nitrogen and oxygen atoms in total. The van der Waals surface area contributed by atoms with E-state index in [1.54, 1.807) is 0 Å². The van der Waals surface area contributed by atoms with Crippen molar-refractivity contribution in [3.63, 3.8) is 0 Å². The average molecular weight is 350 g/mol. The van der Waals surface area contributed by atoms with Gasteiger partial charge in [0.2, 0.25) is 5.56 Å². The van der Waals surface area contributed by atoms with Crippen molar-refractivity contribution in [3.05, 3.63) is 42.7 Å². The maximum Gasteiger partial charge on any atom is 0.248 e. The minimum atomic E-state index is -0.0746. The number of fused-ring (bicyclic) bond motifs is 1. The van der Waals surface area contributed by atoms with Crippen LogP contribution in [0, 0.1) is 3.57 Å². The van der Waals surface area contributed by atoms with Gasteiger partial charge >= 0.3 is 0 Å². The van der Waals surface area contributed by atoms with Crippen LogP contribution in [0.2, 0.25) is 0 Å². The van der Waals surface area contributed by atoms with Gasteiger partial charge in [-0.15, -0.1) is 0 Å². The van der Waals surface area contributed by atoms with Crippen LogP contribution in [0.3, 0.4) is 0 Å². The van der Waals surface area contributed by atoms with Crippen LogP contribution >= 0.6 is 38.5 Å². The number of nitrogens with one attached hydrogen (secondary N) is 1. The Morgan fingerprint density at radius 2 is 2.08 bits per heavy atom. The Morgan fingerprint density at radius 1 is 1.31 bits per heavy atom. The Balaban J connectivity index is 2.95. The second kappa shape index (κ2) is 3.42. The summed E-state index contributed by atoms with van der Waals surface area (Å²) in [5.41, 5.74) is 0.780. The van der Waals surface area contributed by atoms with Crippen molar-refractivity contribution in [2.75, 3.05) is 0 Å². The fourth-order valence-corrected chi connectivity index (χ4v) is 2.84. The first kappa shape index (κ1) is 9.21. The lowest BCUT2D eigenvalue weighted by molar-refractivity contribution is 1.30. The quantitative estimate of drug-likeness (QED) is 0.729. The molecule has 0 saturated carbocycles. The van der Waals surface area contributed by atoms with Crippen molar-refractivity contribution in [2.45, 2.75) is 0 Å². The molecule has 4 heteroatoms. The molecule has 0 aliphatic carbocycles. The zero-order valence-corrected chi connectivity index (χ0v) is 10.2. The summed E-state index contributed by atoms with van der Waals surface area (Å²) in [4.78, 5) is 13.8. The number of aromatic amines is 1. The molecule has 0 aliphatic heterocycles. The van der Waals surface area contributed by atoms with Gasteiger partial charge in [0.25, 0.3) is 0 Å². The third-order valence-corrected chi connectivity index (χ3v) is 3.00. The summed E-state index contributed by atoms with van der Waals surface area (Å²) in [6, 6.07) is 7.35. The van der Waals surface area contributed by atoms with Gasteiger partial charge in [0, 0.05) is 19.5 Å². The van der Waals surface area contributed by atoms with Crippen LogP contribution in [0.15, 0.2) is 33.5 Å². The molecule has 2 rings (SSSR count). The molecular formula is C9H5BrINO. The molecule has 13 heavy (non-hydrogen) atoms. The van der Waals surface area contributed by atoms with Gasteiger partial charge < -0.3 is 4.98 Å². The van der Waals surface area contributed by atoms with Crippen LogP contribution in [-0.4, -0.2) is 4.98 Å². The van der Waals surface area contributed by atoms with Crippen LogP contribution in [0.1, 0.15) is 0 Å². The molecule has 1 aromatic heterocycles. The first-order chi connectivity index (χ1) is 6.16. The molecular weight excluding hydrogens is 345 g/mol. The van der Waals surface area contributed by atoms with E-state index >= 15 is 0 Å². The van der Waals surface area contributed by atoms with E-state index in [2.05, 4.69) is 43.5 Å². The second-order valence-corrected chi connectivity index (χ2v) is 4.77. The number of aromatic nitrogens is 1. The van der Waals surface area contributed by atoms with Crippen molar-refractivity contribution < 1.29 is 0 Å². The van der Waals surface area contributed by atoms with Gasteiger partial charge in [0.1, 0.15) is 0 Å². The molecule has 0 saturated heterocycles. The second-order valence-electron chi connectivity index (χ2n) is 2.67. The Bertz CT molecular complexity index is 520. The van der Waals surface area contributed by atoms with Crippen molar-refractivity contribution in [1.82, 2.24) is 4.98 Å². The normalized spacial score (nSPS) is 10.6. The molecule has 0 atom stereocenters. The van der Waals surface area contributed by atoms with Crippen molar-refractivity contribution in [2.24, 2.45) is 0 Å². The summed E-state index contributed by atoms with van der Waals surface area (Å²) >= 11 is 5.65. The van der Waals surface area contributed by atoms with Crippen LogP contribution < -0.4 is 5.56 Å². The Labute approximate surface area is 96.6 Å². The lowest BCUT2D eigenvalue weighted by Crippen LogP contribution is -2.02. The monoisotopic (exact) mass is 349 g/mol. The standard InChI is InChI=1S/C9H5BrINO/c10-7-4-6(11)3-5-1-2-8(13)12-9(5)7/h1-4H,(H,12,13). The van der Waals surface area contributed by atoms with Gasteiger partial charge in [0.05, 0.1) is 5.52 Å². The van der Waals surface area contributed by atoms with E-state index in [0.717, 1.165) is 18.9 Å². The molecule has 0 fully saturated rings. The van der Waals surface area contributed by atoms with E-state index in [4.69, 9.17) is 0 Å². The van der Waals surface area contributed by atoms with E-state index in [-0.39, 0.29) is 5.56 Å². The van der Waals surface area contributed by atoms with Gasteiger partial charge in [-0.2, -0.15) is 0 Å². The third kappa shape index (κ3) is 1.78. The number of hydrogen-bond donors (Lipinski definition) is 1. The minimum absolute atomic E-state index is 0.0746. The van der Waals surface area contributed by atoms with Gasteiger partial charge in [0.15, 0.2) is 0 Å². The SMILES string of the molecule is O=c1ccc2cc(I)cc(Br)c2[nH]1. The highest BCUT2D eigenvalue weighted by Crippen LogP contribution is 2.23. The molecule has 1 heterocycles. The fourth-order valence-electron chi connectivity index (χ4n) is 1.19. The van der Waals surface area contributed by atoms with Crippen molar-refractivity contribution in [1.29, 1.82) is 0 Å². The third-order valence-electron chi connectivity index (χ3n) is 1.75. The molecule has 0 aliphatic rings. The Kier molecular flexibility index (Phi) is 2.42. The summed E-state index contributed by atoms with van der Waals surface area (Å²) in [5, 5.41) is 1.04. The van der Waals surface area contributed by atoms with Crippen LogP contribution in [-0.2, 0) is 0 Å². The molecule has 0 amide bonds. The van der Waals surface area contributed by atoms with E-state index < -0.39 is 0 Å². The summed E-state index contributed by atoms with van der Waals surface area (Å²) in [6.07, 6.45) is 0. The molecule has 66 valence electrons. The zero-order chi connectivity index (χ0) is 9.42. The predicted octanol–water partition coefficient (Wildman–Crippen LogP) is 2.90. The first-order valence-corrected chi connectivity index (χ1v) is 5.52. The lowest BCUT2D eigenvalue weighted by Gasteiger charge is -2.00. The number of halogens is 2. The molecule has 0 spiro atoms. The average Bonchev–Trinajstić information content (AvgIpc) is 2.06. The number of pyridine rings is 1. The van der Waals surface area contributed by atoms with E-state index in [1.807, 2.05) is 18.2 Å². The minimum Gasteiger partial charge on any atom is -0.321 e. The van der Waals surface area contributed by atoms with E-state index in [9.17, 15) is 4.79 Å². The van der Waals surface area contributed by atoms with Gasteiger partial charge in [-0.05, 0) is 56.7 Å². The Morgan fingerprint density at radius 3 is 2.85 bits per heavy atom. The number of rotatable bonds is 0. The molecule has 0 unspecified atom stereocenters. The predicted molar refractivity (Wildman–Crippen MR) is 65.0 cm³/mol. The summed E-state index contributed by atoms with van der Waals surface area (Å²) < 4.78 is 2.07. The highest BCUT2D eigenvalue weighted by atomic mass is 127. The van der Waals surface area contributed by atoms with Crippen LogP contribution in [0.25, 0.3) is 10.9 Å². The number of H-pyrrole nitrogens is 1. The Hall–Kier alpha value is -0.360. The summed E-state index contributed by atoms with van der Waals surface area (Å²) in [5.74, 6) is 0. The highest BCUT2D eigenvalue weighted by molar-refractivity contribution is 14.1. The first-order valence-electron chi connectivity index (χ1n) is 3.65. The maximum absolute atomic E-state index is 11.0. The smallest absolute Gasteiger partial charge is 0.248 e. The van der Waals surface area contributed by atoms with Crippen LogP contribution in [0.4, 0.5) is 0 Å². The molecule has 2 aromatic rings. The number of hydrogen-bond acceptors (Lipinski definition) is 1. The van der Waals surface area contributed by atoms with Crippen LogP contribution in [0.5, 0.6) is 0 Å². The number of benzene rings is 1. The maximum atomic E-state index is 11.0. The zero-order valence-electron chi connectivity index (χ0n) is 6.47. The van der Waals surface area contributed by atoms with Gasteiger partial charge in [-0.25, -0.2) is 0 Å². The van der Waals surface area contributed by atoms with Gasteiger partial charge in [-0.3, -0.25) is 4.79 Å². The van der Waals surface area contributed by atoms with Crippen molar-refractivity contribution >= 4 is 49.4 Å². The lowest BCUT2D eigenvalue weighted by atomic mass is 10.2. The summed E-state index contributed by atoms with van der Waals surface area (Å²) in [7, 11) is 0. The summed E-state index contributed by atoms with van der Waals surface area (Å²) in [6.45, 7) is 0. The topological polar surface area (TPSA) is 32.9 Å². The fraction of sp³-hybridized carbons (Fsp3) is 0.